The van der Waals surface area contributed by atoms with Crippen LogP contribution in [0.4, 0.5) is 9.59 Å². The van der Waals surface area contributed by atoms with Crippen LogP contribution in [-0.4, -0.2) is 83.8 Å². The van der Waals surface area contributed by atoms with Gasteiger partial charge < -0.3 is 19.3 Å². The average Bonchev–Trinajstić information content (AvgIpc) is 3.00. The standard InChI is InChI=1S/C16H30N4O4/c1-5-9-23-11-19-13-14(18(8-4)15(21)17(13)7-3)20(16(19)22)12-24-10-6-2/h13-14H,5-12H2,1-4H3. The summed E-state index contributed by atoms with van der Waals surface area (Å²) in [6, 6.07) is -0.176. The molecule has 138 valence electrons. The van der Waals surface area contributed by atoms with E-state index in [0.717, 1.165) is 12.8 Å². The average molecular weight is 342 g/mol. The minimum absolute atomic E-state index is 0.0384. The van der Waals surface area contributed by atoms with Gasteiger partial charge in [-0.1, -0.05) is 13.8 Å². The predicted molar refractivity (Wildman–Crippen MR) is 89.0 cm³/mol. The molecule has 2 aliphatic rings. The zero-order valence-corrected chi connectivity index (χ0v) is 15.2. The molecule has 2 unspecified atom stereocenters. The highest BCUT2D eigenvalue weighted by molar-refractivity contribution is 5.85. The summed E-state index contributed by atoms with van der Waals surface area (Å²) in [6.07, 6.45) is 1.13. The Kier molecular flexibility index (Phi) is 6.68. The van der Waals surface area contributed by atoms with Gasteiger partial charge in [0, 0.05) is 26.3 Å². The van der Waals surface area contributed by atoms with E-state index in [1.807, 2.05) is 27.7 Å². The number of rotatable bonds is 10. The molecule has 8 nitrogen and oxygen atoms in total. The molecule has 24 heavy (non-hydrogen) atoms. The van der Waals surface area contributed by atoms with E-state index in [1.54, 1.807) is 19.6 Å². The van der Waals surface area contributed by atoms with Crippen LogP contribution in [0.25, 0.3) is 0 Å². The second kappa shape index (κ2) is 8.53. The van der Waals surface area contributed by atoms with Gasteiger partial charge in [0.15, 0.2) is 12.3 Å². The number of likely N-dealkylation sites (N-methyl/N-ethyl adjacent to an activating group) is 2. The number of carbonyl (C=O) groups is 2. The van der Waals surface area contributed by atoms with Gasteiger partial charge in [0.25, 0.3) is 0 Å². The van der Waals surface area contributed by atoms with Crippen molar-refractivity contribution in [1.29, 1.82) is 0 Å². The van der Waals surface area contributed by atoms with Gasteiger partial charge in [-0.05, 0) is 26.7 Å². The number of ether oxygens (including phenoxy) is 2. The van der Waals surface area contributed by atoms with E-state index in [-0.39, 0.29) is 37.9 Å². The lowest BCUT2D eigenvalue weighted by Gasteiger charge is -2.28. The minimum atomic E-state index is -0.322. The number of hydrogen-bond acceptors (Lipinski definition) is 4. The number of fused-ring (bicyclic) bond motifs is 1. The SMILES string of the molecule is CCCOCN1C(=O)N(COCCC)C2C1N(CC)C(=O)N2CC. The molecule has 2 rings (SSSR count). The molecule has 0 aromatic heterocycles. The highest BCUT2D eigenvalue weighted by atomic mass is 16.5. The van der Waals surface area contributed by atoms with Crippen LogP contribution in [0.2, 0.25) is 0 Å². The van der Waals surface area contributed by atoms with E-state index < -0.39 is 0 Å². The molecule has 0 spiro atoms. The smallest absolute Gasteiger partial charge is 0.327 e. The molecule has 2 fully saturated rings. The fraction of sp³-hybridized carbons (Fsp3) is 0.875. The van der Waals surface area contributed by atoms with Crippen LogP contribution in [-0.2, 0) is 9.47 Å². The van der Waals surface area contributed by atoms with E-state index in [0.29, 0.717) is 26.3 Å². The van der Waals surface area contributed by atoms with Crippen molar-refractivity contribution < 1.29 is 19.1 Å². The van der Waals surface area contributed by atoms with E-state index in [4.69, 9.17) is 9.47 Å². The van der Waals surface area contributed by atoms with Crippen LogP contribution in [0.15, 0.2) is 0 Å². The molecule has 2 atom stereocenters. The quantitative estimate of drug-likeness (QED) is 0.569. The maximum absolute atomic E-state index is 12.9. The highest BCUT2D eigenvalue weighted by Crippen LogP contribution is 2.34. The lowest BCUT2D eigenvalue weighted by atomic mass is 10.3. The Morgan fingerprint density at radius 1 is 0.708 bits per heavy atom. The van der Waals surface area contributed by atoms with E-state index in [2.05, 4.69) is 0 Å². The van der Waals surface area contributed by atoms with Crippen molar-refractivity contribution in [2.45, 2.75) is 52.9 Å². The zero-order valence-electron chi connectivity index (χ0n) is 15.2. The third-order valence-corrected chi connectivity index (χ3v) is 4.37. The van der Waals surface area contributed by atoms with Crippen LogP contribution >= 0.6 is 0 Å². The van der Waals surface area contributed by atoms with Gasteiger partial charge in [0.05, 0.1) is 0 Å². The molecular formula is C16H30N4O4. The molecule has 0 bridgehead atoms. The van der Waals surface area contributed by atoms with E-state index in [9.17, 15) is 9.59 Å². The molecule has 0 aromatic carbocycles. The molecule has 0 aromatic rings. The first-order valence-electron chi connectivity index (χ1n) is 8.92. The largest absolute Gasteiger partial charge is 0.361 e. The minimum Gasteiger partial charge on any atom is -0.361 e. The number of amides is 4. The van der Waals surface area contributed by atoms with Crippen molar-refractivity contribution in [1.82, 2.24) is 19.6 Å². The van der Waals surface area contributed by atoms with Crippen LogP contribution < -0.4 is 0 Å². The molecular weight excluding hydrogens is 312 g/mol. The summed E-state index contributed by atoms with van der Waals surface area (Å²) >= 11 is 0. The van der Waals surface area contributed by atoms with Crippen LogP contribution in [0.5, 0.6) is 0 Å². The van der Waals surface area contributed by atoms with Gasteiger partial charge >= 0.3 is 12.1 Å². The second-order valence-corrected chi connectivity index (χ2v) is 5.98. The molecule has 2 heterocycles. The normalized spacial score (nSPS) is 23.7. The van der Waals surface area contributed by atoms with Crippen LogP contribution in [0.1, 0.15) is 40.5 Å². The van der Waals surface area contributed by atoms with Gasteiger partial charge in [-0.15, -0.1) is 0 Å². The molecule has 0 N–H and O–H groups in total. The molecule has 4 amide bonds. The third-order valence-electron chi connectivity index (χ3n) is 4.37. The molecule has 0 saturated carbocycles. The fourth-order valence-electron chi connectivity index (χ4n) is 3.29. The first kappa shape index (κ1) is 18.8. The number of hydrogen-bond donors (Lipinski definition) is 0. The zero-order chi connectivity index (χ0) is 17.7. The summed E-state index contributed by atoms with van der Waals surface area (Å²) in [7, 11) is 0. The summed E-state index contributed by atoms with van der Waals surface area (Å²) in [5.74, 6) is 0. The number of urea groups is 2. The Labute approximate surface area is 144 Å². The van der Waals surface area contributed by atoms with Crippen molar-refractivity contribution in [3.63, 3.8) is 0 Å². The predicted octanol–water partition coefficient (Wildman–Crippen LogP) is 1.92. The van der Waals surface area contributed by atoms with Gasteiger partial charge in [0.2, 0.25) is 0 Å². The van der Waals surface area contributed by atoms with Crippen molar-refractivity contribution in [3.8, 4) is 0 Å². The van der Waals surface area contributed by atoms with Crippen molar-refractivity contribution in [3.05, 3.63) is 0 Å². The van der Waals surface area contributed by atoms with Gasteiger partial charge in [-0.3, -0.25) is 9.80 Å². The molecule has 2 saturated heterocycles. The maximum Gasteiger partial charge on any atom is 0.327 e. The Bertz CT molecular complexity index is 412. The van der Waals surface area contributed by atoms with Gasteiger partial charge in [0.1, 0.15) is 13.5 Å². The lowest BCUT2D eigenvalue weighted by Crippen LogP contribution is -2.47. The fourth-order valence-corrected chi connectivity index (χ4v) is 3.29. The maximum atomic E-state index is 12.9. The van der Waals surface area contributed by atoms with E-state index >= 15 is 0 Å². The lowest BCUT2D eigenvalue weighted by molar-refractivity contribution is 0.00697. The summed E-state index contributed by atoms with van der Waals surface area (Å²) in [6.45, 7) is 10.6. The second-order valence-electron chi connectivity index (χ2n) is 5.98. The van der Waals surface area contributed by atoms with Crippen LogP contribution in [0.3, 0.4) is 0 Å². The topological polar surface area (TPSA) is 65.6 Å². The summed E-state index contributed by atoms with van der Waals surface area (Å²) < 4.78 is 11.2. The molecule has 0 radical (unpaired) electrons. The number of nitrogens with zero attached hydrogens (tertiary/aromatic N) is 4. The highest BCUT2D eigenvalue weighted by Gasteiger charge is 2.58. The van der Waals surface area contributed by atoms with Crippen LogP contribution in [0, 0.1) is 0 Å². The monoisotopic (exact) mass is 342 g/mol. The van der Waals surface area contributed by atoms with Gasteiger partial charge in [-0.25, -0.2) is 9.59 Å². The summed E-state index contributed by atoms with van der Waals surface area (Å²) in [5, 5.41) is 0. The summed E-state index contributed by atoms with van der Waals surface area (Å²) in [5.41, 5.74) is 0. The van der Waals surface area contributed by atoms with Crippen molar-refractivity contribution >= 4 is 12.1 Å². The van der Waals surface area contributed by atoms with E-state index in [1.165, 1.54) is 0 Å². The Balaban J connectivity index is 2.23. The first-order chi connectivity index (χ1) is 11.6. The Morgan fingerprint density at radius 2 is 1.08 bits per heavy atom. The number of carbonyl (C=O) groups excluding carboxylic acids is 2. The molecule has 8 heteroatoms. The molecule has 2 aliphatic heterocycles. The summed E-state index contributed by atoms with van der Waals surface area (Å²) in [4.78, 5) is 32.3. The first-order valence-corrected chi connectivity index (χ1v) is 8.92. The third kappa shape index (κ3) is 3.30. The molecule has 0 aliphatic carbocycles. The van der Waals surface area contributed by atoms with Crippen molar-refractivity contribution in [2.75, 3.05) is 39.8 Å². The Hall–Kier alpha value is -1.54. The van der Waals surface area contributed by atoms with Crippen molar-refractivity contribution in [2.24, 2.45) is 0 Å². The van der Waals surface area contributed by atoms with Gasteiger partial charge in [-0.2, -0.15) is 0 Å². The Morgan fingerprint density at radius 3 is 1.42 bits per heavy atom.